The maximum absolute atomic E-state index is 11.8. The lowest BCUT2D eigenvalue weighted by Crippen LogP contribution is -2.35. The van der Waals surface area contributed by atoms with Crippen LogP contribution in [-0.2, 0) is 25.7 Å². The van der Waals surface area contributed by atoms with Gasteiger partial charge in [-0.2, -0.15) is 5.10 Å². The maximum atomic E-state index is 11.8. The van der Waals surface area contributed by atoms with Gasteiger partial charge in [-0.15, -0.1) is 0 Å². The quantitative estimate of drug-likeness (QED) is 0.527. The van der Waals surface area contributed by atoms with Crippen LogP contribution >= 0.6 is 23.0 Å². The van der Waals surface area contributed by atoms with E-state index in [0.29, 0.717) is 6.54 Å². The third kappa shape index (κ3) is 4.01. The molecule has 1 heterocycles. The molecule has 0 radical (unpaired) electrons. The largest absolute Gasteiger partial charge is 0.392 e. The molecule has 0 saturated carbocycles. The molecular weight excluding hydrogens is 431 g/mol. The summed E-state index contributed by atoms with van der Waals surface area (Å²) in [6.07, 6.45) is 0. The van der Waals surface area contributed by atoms with E-state index >= 15 is 0 Å². The van der Waals surface area contributed by atoms with Gasteiger partial charge in [-0.3, -0.25) is 4.68 Å². The first-order valence-corrected chi connectivity index (χ1v) is 8.84. The molecule has 0 N–H and O–H groups in total. The van der Waals surface area contributed by atoms with Crippen LogP contribution in [0, 0.1) is 0 Å². The summed E-state index contributed by atoms with van der Waals surface area (Å²) >= 11 is 1.57. The molecule has 0 bridgehead atoms. The van der Waals surface area contributed by atoms with E-state index in [0.717, 1.165) is 16.6 Å². The topological polar surface area (TPSA) is 53.4 Å². The monoisotopic (exact) mass is 450 g/mol. The van der Waals surface area contributed by atoms with Gasteiger partial charge in [-0.25, -0.2) is 4.79 Å². The first-order chi connectivity index (χ1) is 12.0. The third-order valence-electron chi connectivity index (χ3n) is 4.04. The van der Waals surface area contributed by atoms with Crippen LogP contribution in [0.15, 0.2) is 54.6 Å². The Bertz CT molecular complexity index is 875. The minimum absolute atomic E-state index is 0.237. The standard InChI is InChI=1S/C19H19IN2O3/c1-19(2,18(23)25-20)24-13-16-15-10-6-7-11-17(15)22(21-16)12-14-8-4-3-5-9-14/h3-11H,12-13H2,1-2H3. The van der Waals surface area contributed by atoms with Crippen molar-refractivity contribution in [3.63, 3.8) is 0 Å². The molecule has 6 heteroatoms. The Kier molecular flexibility index (Phi) is 5.39. The van der Waals surface area contributed by atoms with Crippen LogP contribution in [0.4, 0.5) is 0 Å². The zero-order valence-corrected chi connectivity index (χ0v) is 16.3. The highest BCUT2D eigenvalue weighted by Gasteiger charge is 2.30. The van der Waals surface area contributed by atoms with Crippen LogP contribution in [0.5, 0.6) is 0 Å². The second kappa shape index (κ2) is 7.53. The molecular formula is C19H19IN2O3. The number of halogens is 1. The SMILES string of the molecule is CC(C)(OCc1nn(Cc2ccccc2)c2ccccc12)C(=O)OI. The number of hydrogen-bond donors (Lipinski definition) is 0. The zero-order valence-electron chi connectivity index (χ0n) is 14.1. The van der Waals surface area contributed by atoms with Gasteiger partial charge in [0, 0.05) is 5.39 Å². The van der Waals surface area contributed by atoms with Crippen molar-refractivity contribution >= 4 is 39.9 Å². The number of rotatable bonds is 6. The molecule has 0 amide bonds. The first-order valence-electron chi connectivity index (χ1n) is 7.96. The lowest BCUT2D eigenvalue weighted by molar-refractivity contribution is -0.156. The molecule has 0 aliphatic carbocycles. The van der Waals surface area contributed by atoms with Gasteiger partial charge >= 0.3 is 5.97 Å². The molecule has 2 aromatic carbocycles. The summed E-state index contributed by atoms with van der Waals surface area (Å²) in [4.78, 5) is 11.8. The molecule has 0 aliphatic rings. The van der Waals surface area contributed by atoms with Crippen LogP contribution in [0.3, 0.4) is 0 Å². The molecule has 0 fully saturated rings. The van der Waals surface area contributed by atoms with Crippen LogP contribution in [0.2, 0.25) is 0 Å². The minimum Gasteiger partial charge on any atom is -0.392 e. The minimum atomic E-state index is -1.02. The molecule has 130 valence electrons. The molecule has 0 unspecified atom stereocenters. The van der Waals surface area contributed by atoms with Crippen molar-refractivity contribution < 1.29 is 12.6 Å². The molecule has 5 nitrogen and oxygen atoms in total. The number of fused-ring (bicyclic) bond motifs is 1. The predicted molar refractivity (Wildman–Crippen MR) is 104 cm³/mol. The van der Waals surface area contributed by atoms with E-state index in [1.807, 2.05) is 47.1 Å². The normalized spacial score (nSPS) is 11.6. The number of aromatic nitrogens is 2. The number of benzene rings is 2. The number of hydrogen-bond acceptors (Lipinski definition) is 4. The molecule has 0 spiro atoms. The average molecular weight is 450 g/mol. The van der Waals surface area contributed by atoms with Crippen molar-refractivity contribution in [2.24, 2.45) is 0 Å². The zero-order chi connectivity index (χ0) is 17.9. The Morgan fingerprint density at radius 2 is 1.80 bits per heavy atom. The summed E-state index contributed by atoms with van der Waals surface area (Å²) in [5, 5.41) is 5.74. The molecule has 25 heavy (non-hydrogen) atoms. The second-order valence-corrected chi connectivity index (χ2v) is 6.71. The number of carbonyl (C=O) groups excluding carboxylic acids is 1. The Morgan fingerprint density at radius 1 is 1.12 bits per heavy atom. The smallest absolute Gasteiger partial charge is 0.347 e. The highest BCUT2D eigenvalue weighted by Crippen LogP contribution is 2.23. The van der Waals surface area contributed by atoms with Crippen molar-refractivity contribution in [2.45, 2.75) is 32.6 Å². The fraction of sp³-hybridized carbons (Fsp3) is 0.263. The summed E-state index contributed by atoms with van der Waals surface area (Å²) < 4.78 is 12.5. The number of nitrogens with zero attached hydrogens (tertiary/aromatic N) is 2. The predicted octanol–water partition coefficient (Wildman–Crippen LogP) is 4.27. The van der Waals surface area contributed by atoms with E-state index in [1.165, 1.54) is 5.56 Å². The Morgan fingerprint density at radius 3 is 2.52 bits per heavy atom. The van der Waals surface area contributed by atoms with Gasteiger partial charge in [0.05, 0.1) is 24.4 Å². The Balaban J connectivity index is 1.88. The van der Waals surface area contributed by atoms with Gasteiger partial charge in [-0.05, 0) is 25.5 Å². The first kappa shape index (κ1) is 17.9. The van der Waals surface area contributed by atoms with Crippen molar-refractivity contribution in [3.8, 4) is 0 Å². The van der Waals surface area contributed by atoms with Gasteiger partial charge in [0.25, 0.3) is 0 Å². The van der Waals surface area contributed by atoms with E-state index in [9.17, 15) is 4.79 Å². The molecule has 3 rings (SSSR count). The fourth-order valence-corrected chi connectivity index (χ4v) is 3.11. The number of carbonyl (C=O) groups is 1. The summed E-state index contributed by atoms with van der Waals surface area (Å²) in [7, 11) is 0. The van der Waals surface area contributed by atoms with Crippen LogP contribution < -0.4 is 0 Å². The summed E-state index contributed by atoms with van der Waals surface area (Å²) in [5.74, 6) is -0.416. The second-order valence-electron chi connectivity index (χ2n) is 6.27. The highest BCUT2D eigenvalue weighted by atomic mass is 127. The lowest BCUT2D eigenvalue weighted by Gasteiger charge is -2.20. The Hall–Kier alpha value is -1.93. The van der Waals surface area contributed by atoms with Crippen molar-refractivity contribution in [2.75, 3.05) is 0 Å². The van der Waals surface area contributed by atoms with Gasteiger partial charge < -0.3 is 7.80 Å². The van der Waals surface area contributed by atoms with Gasteiger partial charge in [-0.1, -0.05) is 48.5 Å². The summed E-state index contributed by atoms with van der Waals surface area (Å²) in [5.41, 5.74) is 2.00. The molecule has 1 aromatic heterocycles. The molecule has 0 saturated heterocycles. The third-order valence-corrected chi connectivity index (χ3v) is 4.44. The average Bonchev–Trinajstić information content (AvgIpc) is 2.98. The number of ether oxygens (including phenoxy) is 1. The van der Waals surface area contributed by atoms with E-state index in [-0.39, 0.29) is 6.61 Å². The molecule has 0 atom stereocenters. The van der Waals surface area contributed by atoms with Crippen molar-refractivity contribution in [1.82, 2.24) is 9.78 Å². The van der Waals surface area contributed by atoms with E-state index in [2.05, 4.69) is 12.1 Å². The van der Waals surface area contributed by atoms with Crippen LogP contribution in [0.1, 0.15) is 25.1 Å². The van der Waals surface area contributed by atoms with Gasteiger partial charge in [0.15, 0.2) is 28.6 Å². The van der Waals surface area contributed by atoms with Gasteiger partial charge in [0.2, 0.25) is 0 Å². The summed E-state index contributed by atoms with van der Waals surface area (Å²) in [6, 6.07) is 18.2. The molecule has 0 aliphatic heterocycles. The lowest BCUT2D eigenvalue weighted by atomic mass is 10.1. The van der Waals surface area contributed by atoms with Crippen molar-refractivity contribution in [1.29, 1.82) is 0 Å². The number of para-hydroxylation sites is 1. The van der Waals surface area contributed by atoms with E-state index < -0.39 is 11.6 Å². The summed E-state index contributed by atoms with van der Waals surface area (Å²) in [6.45, 7) is 4.30. The van der Waals surface area contributed by atoms with Crippen LogP contribution in [-0.4, -0.2) is 21.4 Å². The van der Waals surface area contributed by atoms with E-state index in [4.69, 9.17) is 12.9 Å². The fourth-order valence-electron chi connectivity index (χ4n) is 2.58. The highest BCUT2D eigenvalue weighted by molar-refractivity contribution is 14.1. The maximum Gasteiger partial charge on any atom is 0.347 e. The Labute approximate surface area is 160 Å². The van der Waals surface area contributed by atoms with Gasteiger partial charge in [0.1, 0.15) is 0 Å². The van der Waals surface area contributed by atoms with E-state index in [1.54, 1.807) is 36.9 Å². The van der Waals surface area contributed by atoms with Crippen LogP contribution in [0.25, 0.3) is 10.9 Å². The molecule has 3 aromatic rings. The van der Waals surface area contributed by atoms with Crippen molar-refractivity contribution in [3.05, 3.63) is 65.9 Å².